The Bertz CT molecular complexity index is 657. The topological polar surface area (TPSA) is 86.3 Å². The van der Waals surface area contributed by atoms with Gasteiger partial charge in [-0.25, -0.2) is 0 Å². The fourth-order valence-corrected chi connectivity index (χ4v) is 5.95. The van der Waals surface area contributed by atoms with Crippen LogP contribution in [0.15, 0.2) is 23.1 Å². The number of halogens is 1. The minimum Gasteiger partial charge on any atom is -0.258 e. The summed E-state index contributed by atoms with van der Waals surface area (Å²) in [6.45, 7) is 0. The van der Waals surface area contributed by atoms with Crippen molar-refractivity contribution in [2.45, 2.75) is 54.0 Å². The highest BCUT2D eigenvalue weighted by Gasteiger charge is 2.40. The predicted molar refractivity (Wildman–Crippen MR) is 93.7 cm³/mol. The first-order chi connectivity index (χ1) is 11.5. The largest absolute Gasteiger partial charge is 0.289 e. The number of nitro groups is 2. The van der Waals surface area contributed by atoms with Gasteiger partial charge >= 0.3 is 0 Å². The zero-order chi connectivity index (χ0) is 17.3. The van der Waals surface area contributed by atoms with Gasteiger partial charge in [-0.05, 0) is 43.6 Å². The minimum absolute atomic E-state index is 0.172. The summed E-state index contributed by atoms with van der Waals surface area (Å²) >= 11 is 8.01. The van der Waals surface area contributed by atoms with E-state index in [9.17, 15) is 20.2 Å². The van der Waals surface area contributed by atoms with Gasteiger partial charge in [0, 0.05) is 16.7 Å². The highest BCUT2D eigenvalue weighted by molar-refractivity contribution is 8.00. The molecule has 0 spiro atoms. The van der Waals surface area contributed by atoms with Crippen LogP contribution in [0.2, 0.25) is 0 Å². The van der Waals surface area contributed by atoms with Gasteiger partial charge in [0.15, 0.2) is 0 Å². The van der Waals surface area contributed by atoms with E-state index in [1.165, 1.54) is 36.7 Å². The summed E-state index contributed by atoms with van der Waals surface area (Å²) in [7, 11) is 0. The van der Waals surface area contributed by atoms with Gasteiger partial charge in [0.05, 0.1) is 20.8 Å². The molecule has 2 fully saturated rings. The van der Waals surface area contributed by atoms with Gasteiger partial charge in [-0.1, -0.05) is 12.8 Å². The van der Waals surface area contributed by atoms with Crippen molar-refractivity contribution in [1.82, 2.24) is 0 Å². The Hall–Kier alpha value is -1.34. The van der Waals surface area contributed by atoms with Crippen molar-refractivity contribution < 1.29 is 9.85 Å². The number of hydrogen-bond donors (Lipinski definition) is 0. The number of fused-ring (bicyclic) bond motifs is 1. The molecule has 0 radical (unpaired) electrons. The van der Waals surface area contributed by atoms with Crippen LogP contribution in [0.4, 0.5) is 11.4 Å². The molecule has 2 aliphatic carbocycles. The summed E-state index contributed by atoms with van der Waals surface area (Å²) in [6, 6.07) is 3.93. The molecule has 4 unspecified atom stereocenters. The molecular formula is C16H19ClN2O4S. The van der Waals surface area contributed by atoms with E-state index in [4.69, 9.17) is 11.6 Å². The lowest BCUT2D eigenvalue weighted by atomic mass is 9.70. The molecule has 8 heteroatoms. The maximum Gasteiger partial charge on any atom is 0.289 e. The van der Waals surface area contributed by atoms with Crippen LogP contribution in [-0.4, -0.2) is 20.5 Å². The standard InChI is InChI=1S/C16H19ClN2O4S/c17-13-6-8-15(12-4-2-1-3-11(12)13)24-16-7-5-10(18(20)21)9-14(16)19(22)23/h5,7,9,11-13,15H,1-4,6,8H2. The fourth-order valence-electron chi connectivity index (χ4n) is 4.02. The van der Waals surface area contributed by atoms with E-state index >= 15 is 0 Å². The van der Waals surface area contributed by atoms with E-state index in [0.717, 1.165) is 31.7 Å². The third kappa shape index (κ3) is 3.52. The second-order valence-electron chi connectivity index (χ2n) is 6.53. The number of nitrogens with zero attached hydrogens (tertiary/aromatic N) is 2. The molecule has 6 nitrogen and oxygen atoms in total. The lowest BCUT2D eigenvalue weighted by Gasteiger charge is -2.43. The summed E-state index contributed by atoms with van der Waals surface area (Å²) in [6.07, 6.45) is 6.52. The Kier molecular flexibility index (Phi) is 5.30. The molecule has 24 heavy (non-hydrogen) atoms. The number of thioether (sulfide) groups is 1. The maximum atomic E-state index is 11.3. The molecule has 3 rings (SSSR count). The number of non-ortho nitro benzene ring substituents is 1. The normalized spacial score (nSPS) is 29.7. The Morgan fingerprint density at radius 3 is 2.38 bits per heavy atom. The molecular weight excluding hydrogens is 352 g/mol. The van der Waals surface area contributed by atoms with Gasteiger partial charge in [0.25, 0.3) is 11.4 Å². The highest BCUT2D eigenvalue weighted by Crippen LogP contribution is 2.49. The molecule has 1 aromatic carbocycles. The molecule has 4 atom stereocenters. The Labute approximate surface area is 149 Å². The number of rotatable bonds is 4. The second kappa shape index (κ2) is 7.27. The molecule has 0 bridgehead atoms. The third-order valence-corrected chi connectivity index (χ3v) is 7.20. The highest BCUT2D eigenvalue weighted by atomic mass is 35.5. The first-order valence-corrected chi connectivity index (χ1v) is 9.52. The first kappa shape index (κ1) is 17.5. The Morgan fingerprint density at radius 1 is 1.00 bits per heavy atom. The molecule has 0 saturated heterocycles. The quantitative estimate of drug-likeness (QED) is 0.414. The molecule has 130 valence electrons. The molecule has 0 heterocycles. The average molecular weight is 371 g/mol. The number of alkyl halides is 1. The van der Waals surface area contributed by atoms with Crippen LogP contribution in [0.3, 0.4) is 0 Å². The van der Waals surface area contributed by atoms with Crippen molar-refractivity contribution in [1.29, 1.82) is 0 Å². The lowest BCUT2D eigenvalue weighted by molar-refractivity contribution is -0.396. The lowest BCUT2D eigenvalue weighted by Crippen LogP contribution is -2.39. The third-order valence-electron chi connectivity index (χ3n) is 5.17. The van der Waals surface area contributed by atoms with Crippen LogP contribution in [0.5, 0.6) is 0 Å². The summed E-state index contributed by atoms with van der Waals surface area (Å²) in [5.41, 5.74) is -0.416. The zero-order valence-corrected chi connectivity index (χ0v) is 14.7. The van der Waals surface area contributed by atoms with Gasteiger partial charge in [-0.3, -0.25) is 20.2 Å². The number of hydrogen-bond acceptors (Lipinski definition) is 5. The summed E-state index contributed by atoms with van der Waals surface area (Å²) in [5, 5.41) is 22.7. The van der Waals surface area contributed by atoms with Gasteiger partial charge in [0.1, 0.15) is 0 Å². The van der Waals surface area contributed by atoms with E-state index in [2.05, 4.69) is 0 Å². The SMILES string of the molecule is O=[N+]([O-])c1ccc(SC2CCC(Cl)C3CCCCC23)c([N+](=O)[O-])c1. The van der Waals surface area contributed by atoms with Gasteiger partial charge < -0.3 is 0 Å². The van der Waals surface area contributed by atoms with Crippen LogP contribution >= 0.6 is 23.4 Å². The van der Waals surface area contributed by atoms with E-state index in [0.29, 0.717) is 22.0 Å². The fraction of sp³-hybridized carbons (Fsp3) is 0.625. The monoisotopic (exact) mass is 370 g/mol. The average Bonchev–Trinajstić information content (AvgIpc) is 2.57. The number of benzene rings is 1. The first-order valence-electron chi connectivity index (χ1n) is 8.21. The van der Waals surface area contributed by atoms with Crippen LogP contribution in [-0.2, 0) is 0 Å². The van der Waals surface area contributed by atoms with Crippen molar-refractivity contribution in [3.05, 3.63) is 38.4 Å². The van der Waals surface area contributed by atoms with Crippen molar-refractivity contribution in [2.75, 3.05) is 0 Å². The van der Waals surface area contributed by atoms with E-state index in [-0.39, 0.29) is 16.8 Å². The van der Waals surface area contributed by atoms with E-state index < -0.39 is 9.85 Å². The second-order valence-corrected chi connectivity index (χ2v) is 8.37. The van der Waals surface area contributed by atoms with Crippen LogP contribution in [0.25, 0.3) is 0 Å². The summed E-state index contributed by atoms with van der Waals surface area (Å²) in [5.74, 6) is 0.971. The van der Waals surface area contributed by atoms with E-state index in [1.807, 2.05) is 0 Å². The Balaban J connectivity index is 1.84. The van der Waals surface area contributed by atoms with Crippen LogP contribution in [0, 0.1) is 32.1 Å². The molecule has 0 aromatic heterocycles. The van der Waals surface area contributed by atoms with Gasteiger partial charge in [0.2, 0.25) is 0 Å². The molecule has 0 amide bonds. The molecule has 0 N–H and O–H groups in total. The Morgan fingerprint density at radius 2 is 1.71 bits per heavy atom. The van der Waals surface area contributed by atoms with Crippen LogP contribution in [0.1, 0.15) is 38.5 Å². The predicted octanol–water partition coefficient (Wildman–Crippen LogP) is 5.17. The molecule has 2 aliphatic rings. The van der Waals surface area contributed by atoms with Gasteiger partial charge in [-0.2, -0.15) is 0 Å². The minimum atomic E-state index is -0.600. The van der Waals surface area contributed by atoms with Crippen molar-refractivity contribution >= 4 is 34.7 Å². The maximum absolute atomic E-state index is 11.3. The van der Waals surface area contributed by atoms with Crippen molar-refractivity contribution in [2.24, 2.45) is 11.8 Å². The van der Waals surface area contributed by atoms with Gasteiger partial charge in [-0.15, -0.1) is 23.4 Å². The van der Waals surface area contributed by atoms with Crippen molar-refractivity contribution in [3.63, 3.8) is 0 Å². The van der Waals surface area contributed by atoms with Crippen LogP contribution < -0.4 is 0 Å². The summed E-state index contributed by atoms with van der Waals surface area (Å²) < 4.78 is 0. The molecule has 0 aliphatic heterocycles. The summed E-state index contributed by atoms with van der Waals surface area (Å²) in [4.78, 5) is 21.6. The molecule has 1 aromatic rings. The van der Waals surface area contributed by atoms with Crippen molar-refractivity contribution in [3.8, 4) is 0 Å². The van der Waals surface area contributed by atoms with E-state index in [1.54, 1.807) is 0 Å². The smallest absolute Gasteiger partial charge is 0.258 e. The number of nitro benzene ring substituents is 2. The zero-order valence-electron chi connectivity index (χ0n) is 13.1. The molecule has 2 saturated carbocycles.